The van der Waals surface area contributed by atoms with Crippen LogP contribution in [0, 0.1) is 0 Å². The van der Waals surface area contributed by atoms with E-state index in [-0.39, 0.29) is 0 Å². The van der Waals surface area contributed by atoms with E-state index in [2.05, 4.69) is 193 Å². The molecule has 236 valence electrons. The highest BCUT2D eigenvalue weighted by Gasteiger charge is 2.20. The fourth-order valence-electron chi connectivity index (χ4n) is 8.75. The molecule has 0 fully saturated rings. The van der Waals surface area contributed by atoms with Gasteiger partial charge in [0, 0.05) is 27.2 Å². The molecule has 1 aromatic heterocycles. The van der Waals surface area contributed by atoms with Gasteiger partial charge in [-0.15, -0.1) is 0 Å². The molecule has 11 aromatic rings. The van der Waals surface area contributed by atoms with Gasteiger partial charge in [0.2, 0.25) is 0 Å². The lowest BCUT2D eigenvalue weighted by molar-refractivity contribution is 1.19. The van der Waals surface area contributed by atoms with Crippen molar-refractivity contribution < 1.29 is 0 Å². The minimum atomic E-state index is 1.16. The average Bonchev–Trinajstić information content (AvgIpc) is 3.55. The molecule has 1 nitrogen and oxygen atoms in total. The first-order valence-corrected chi connectivity index (χ1v) is 17.7. The molecule has 0 bridgehead atoms. The van der Waals surface area contributed by atoms with Crippen LogP contribution in [0.15, 0.2) is 188 Å². The first-order valence-electron chi connectivity index (χ1n) is 17.7. The highest BCUT2D eigenvalue weighted by Crippen LogP contribution is 2.46. The number of rotatable bonds is 3. The van der Waals surface area contributed by atoms with Gasteiger partial charge in [-0.25, -0.2) is 0 Å². The highest BCUT2D eigenvalue weighted by molar-refractivity contribution is 6.25. The molecule has 0 aliphatic rings. The van der Waals surface area contributed by atoms with Crippen LogP contribution in [0.2, 0.25) is 0 Å². The van der Waals surface area contributed by atoms with Crippen LogP contribution in [0.3, 0.4) is 0 Å². The number of nitrogens with zero attached hydrogens (tertiary/aromatic N) is 1. The van der Waals surface area contributed by atoms with Gasteiger partial charge in [0.1, 0.15) is 0 Å². The summed E-state index contributed by atoms with van der Waals surface area (Å²) in [6.45, 7) is 0. The van der Waals surface area contributed by atoms with Crippen molar-refractivity contribution in [1.29, 1.82) is 0 Å². The van der Waals surface area contributed by atoms with E-state index in [9.17, 15) is 0 Å². The van der Waals surface area contributed by atoms with Gasteiger partial charge in [-0.05, 0) is 77.5 Å². The Morgan fingerprint density at radius 1 is 0.255 bits per heavy atom. The van der Waals surface area contributed by atoms with Crippen molar-refractivity contribution in [2.24, 2.45) is 0 Å². The lowest BCUT2D eigenvalue weighted by atomic mass is 9.85. The third-order valence-corrected chi connectivity index (χ3v) is 10.9. The van der Waals surface area contributed by atoms with Crippen molar-refractivity contribution in [2.75, 3.05) is 0 Å². The molecule has 1 heteroatoms. The van der Waals surface area contributed by atoms with Crippen molar-refractivity contribution in [3.8, 4) is 27.9 Å². The van der Waals surface area contributed by atoms with Crippen LogP contribution in [0.4, 0.5) is 0 Å². The van der Waals surface area contributed by atoms with Gasteiger partial charge >= 0.3 is 0 Å². The first kappa shape index (κ1) is 28.2. The molecule has 0 amide bonds. The number of hydrogen-bond donors (Lipinski definition) is 0. The standard InChI is InChI=1S/C50H31N/c1-4-16-37-32(12-1)15-11-23-40(37)48-43-21-9-7-19-41(43)47(42-20-8-10-22-44(42)48)35-24-28-36(29-25-35)51-49-38-17-5-2-13-33(38)26-30-45(49)46-31-27-34-14-3-6-18-39(34)50(46)51/h1-31H. The molecule has 0 spiro atoms. The summed E-state index contributed by atoms with van der Waals surface area (Å²) in [5, 5.41) is 15.2. The Balaban J connectivity index is 1.19. The van der Waals surface area contributed by atoms with Gasteiger partial charge in [-0.1, -0.05) is 176 Å². The minimum absolute atomic E-state index is 1.16. The van der Waals surface area contributed by atoms with Crippen molar-refractivity contribution in [3.63, 3.8) is 0 Å². The van der Waals surface area contributed by atoms with Gasteiger partial charge in [0.25, 0.3) is 0 Å². The fourth-order valence-corrected chi connectivity index (χ4v) is 8.75. The van der Waals surface area contributed by atoms with Crippen molar-refractivity contribution in [1.82, 2.24) is 4.57 Å². The molecule has 11 rings (SSSR count). The highest BCUT2D eigenvalue weighted by atomic mass is 15.0. The van der Waals surface area contributed by atoms with Crippen molar-refractivity contribution in [2.45, 2.75) is 0 Å². The number of benzene rings is 10. The molecule has 0 radical (unpaired) electrons. The summed E-state index contributed by atoms with van der Waals surface area (Å²) in [5.41, 5.74) is 8.72. The second kappa shape index (κ2) is 10.9. The molecule has 1 heterocycles. The van der Waals surface area contributed by atoms with Gasteiger partial charge < -0.3 is 4.57 Å². The Labute approximate surface area is 295 Å². The first-order chi connectivity index (χ1) is 25.3. The quantitative estimate of drug-likeness (QED) is 0.169. The predicted octanol–water partition coefficient (Wildman–Crippen LogP) is 13.9. The molecule has 0 atom stereocenters. The average molecular weight is 646 g/mol. The van der Waals surface area contributed by atoms with Crippen LogP contribution >= 0.6 is 0 Å². The van der Waals surface area contributed by atoms with Crippen LogP contribution in [0.1, 0.15) is 0 Å². The topological polar surface area (TPSA) is 4.93 Å². The summed E-state index contributed by atoms with van der Waals surface area (Å²) < 4.78 is 2.50. The monoisotopic (exact) mass is 645 g/mol. The Morgan fingerprint density at radius 2 is 0.667 bits per heavy atom. The molecule has 10 aromatic carbocycles. The predicted molar refractivity (Wildman–Crippen MR) is 219 cm³/mol. The second-order valence-corrected chi connectivity index (χ2v) is 13.6. The Bertz CT molecular complexity index is 3020. The largest absolute Gasteiger partial charge is 0.308 e. The number of hydrogen-bond acceptors (Lipinski definition) is 0. The lowest BCUT2D eigenvalue weighted by Crippen LogP contribution is -1.96. The van der Waals surface area contributed by atoms with E-state index in [0.29, 0.717) is 0 Å². The zero-order chi connectivity index (χ0) is 33.5. The van der Waals surface area contributed by atoms with Crippen LogP contribution in [0.5, 0.6) is 0 Å². The summed E-state index contributed by atoms with van der Waals surface area (Å²) in [7, 11) is 0. The lowest BCUT2D eigenvalue weighted by Gasteiger charge is -2.19. The number of fused-ring (bicyclic) bond motifs is 10. The van der Waals surface area contributed by atoms with Crippen molar-refractivity contribution >= 4 is 75.7 Å². The molecule has 0 saturated heterocycles. The Morgan fingerprint density at radius 3 is 1.20 bits per heavy atom. The smallest absolute Gasteiger partial charge is 0.0619 e. The maximum absolute atomic E-state index is 2.50. The van der Waals surface area contributed by atoms with E-state index in [1.165, 1.54) is 97.9 Å². The van der Waals surface area contributed by atoms with E-state index in [1.54, 1.807) is 0 Å². The SMILES string of the molecule is c1ccc2c(-c3c4ccccc4c(-c4ccc(-n5c6c7ccccc7ccc6c6ccc7ccccc7c65)cc4)c4ccccc34)cccc2c1. The zero-order valence-corrected chi connectivity index (χ0v) is 27.8. The summed E-state index contributed by atoms with van der Waals surface area (Å²) in [4.78, 5) is 0. The number of aromatic nitrogens is 1. The van der Waals surface area contributed by atoms with Gasteiger partial charge in [0.15, 0.2) is 0 Å². The van der Waals surface area contributed by atoms with Gasteiger partial charge in [0.05, 0.1) is 11.0 Å². The molecule has 0 saturated carbocycles. The van der Waals surface area contributed by atoms with Gasteiger partial charge in [-0.3, -0.25) is 0 Å². The third kappa shape index (κ3) is 4.09. The minimum Gasteiger partial charge on any atom is -0.308 e. The van der Waals surface area contributed by atoms with E-state index in [0.717, 1.165) is 5.69 Å². The molecule has 0 aliphatic carbocycles. The third-order valence-electron chi connectivity index (χ3n) is 10.9. The van der Waals surface area contributed by atoms with E-state index in [1.807, 2.05) is 0 Å². The Hall–Kier alpha value is -6.70. The molecular weight excluding hydrogens is 615 g/mol. The molecular formula is C50H31N. The normalized spacial score (nSPS) is 11.9. The Kier molecular flexibility index (Phi) is 6.02. The summed E-state index contributed by atoms with van der Waals surface area (Å²) in [5.74, 6) is 0. The van der Waals surface area contributed by atoms with Crippen molar-refractivity contribution in [3.05, 3.63) is 188 Å². The maximum Gasteiger partial charge on any atom is 0.0619 e. The molecule has 0 aliphatic heterocycles. The second-order valence-electron chi connectivity index (χ2n) is 13.6. The maximum atomic E-state index is 2.50. The summed E-state index contributed by atoms with van der Waals surface area (Å²) >= 11 is 0. The zero-order valence-electron chi connectivity index (χ0n) is 27.8. The molecule has 0 unspecified atom stereocenters. The van der Waals surface area contributed by atoms with Crippen LogP contribution in [-0.2, 0) is 0 Å². The summed E-state index contributed by atoms with van der Waals surface area (Å²) in [6.07, 6.45) is 0. The van der Waals surface area contributed by atoms with E-state index < -0.39 is 0 Å². The van der Waals surface area contributed by atoms with E-state index in [4.69, 9.17) is 0 Å². The molecule has 51 heavy (non-hydrogen) atoms. The van der Waals surface area contributed by atoms with Crippen LogP contribution in [-0.4, -0.2) is 4.57 Å². The van der Waals surface area contributed by atoms with Crippen LogP contribution in [0.25, 0.3) is 104 Å². The van der Waals surface area contributed by atoms with Crippen LogP contribution < -0.4 is 0 Å². The van der Waals surface area contributed by atoms with E-state index >= 15 is 0 Å². The molecule has 0 N–H and O–H groups in total. The van der Waals surface area contributed by atoms with Gasteiger partial charge in [-0.2, -0.15) is 0 Å². The fraction of sp³-hybridized carbons (Fsp3) is 0. The summed E-state index contributed by atoms with van der Waals surface area (Å²) in [6, 6.07) is 69.3.